The molecule has 0 amide bonds. The molecule has 0 unspecified atom stereocenters. The molecule has 18 heavy (non-hydrogen) atoms. The molecule has 0 atom stereocenters. The van der Waals surface area contributed by atoms with Crippen LogP contribution in [0.5, 0.6) is 0 Å². The number of nitrogens with zero attached hydrogens (tertiary/aromatic N) is 4. The highest BCUT2D eigenvalue weighted by Crippen LogP contribution is 2.42. The van der Waals surface area contributed by atoms with E-state index in [1.165, 1.54) is 16.9 Å². The van der Waals surface area contributed by atoms with E-state index >= 15 is 0 Å². The Morgan fingerprint density at radius 3 is 3.17 bits per heavy atom. The summed E-state index contributed by atoms with van der Waals surface area (Å²) >= 11 is 1.69. The summed E-state index contributed by atoms with van der Waals surface area (Å²) < 4.78 is 1.90. The van der Waals surface area contributed by atoms with Gasteiger partial charge in [0.05, 0.1) is 10.6 Å². The number of anilines is 1. The Bertz CT molecular complexity index is 742. The van der Waals surface area contributed by atoms with E-state index in [2.05, 4.69) is 15.2 Å². The average Bonchev–Trinajstić information content (AvgIpc) is 3.03. The van der Waals surface area contributed by atoms with E-state index in [4.69, 9.17) is 5.73 Å². The number of thiophene rings is 1. The molecular weight excluding hydrogens is 246 g/mol. The summed E-state index contributed by atoms with van der Waals surface area (Å²) in [5.41, 5.74) is 9.37. The fourth-order valence-corrected chi connectivity index (χ4v) is 3.74. The largest absolute Gasteiger partial charge is 0.390 e. The molecule has 1 aliphatic rings. The first-order chi connectivity index (χ1) is 8.84. The Balaban J connectivity index is 2.03. The molecule has 4 rings (SSSR count). The second-order valence-electron chi connectivity index (χ2n) is 4.43. The van der Waals surface area contributed by atoms with E-state index in [1.807, 2.05) is 10.5 Å². The molecule has 1 aliphatic carbocycles. The monoisotopic (exact) mass is 257 g/mol. The molecule has 0 spiro atoms. The molecule has 90 valence electrons. The van der Waals surface area contributed by atoms with E-state index in [0.29, 0.717) is 0 Å². The maximum atomic E-state index is 6.15. The Morgan fingerprint density at radius 1 is 1.28 bits per heavy atom. The number of hydrogen-bond donors (Lipinski definition) is 1. The van der Waals surface area contributed by atoms with Crippen LogP contribution in [0.15, 0.2) is 18.6 Å². The van der Waals surface area contributed by atoms with Gasteiger partial charge in [0.15, 0.2) is 11.5 Å². The number of hydrogen-bond acceptors (Lipinski definition) is 5. The maximum Gasteiger partial charge on any atom is 0.172 e. The van der Waals surface area contributed by atoms with Crippen LogP contribution in [-0.2, 0) is 12.8 Å². The van der Waals surface area contributed by atoms with Crippen LogP contribution in [0.3, 0.4) is 0 Å². The standard InChI is InChI=1S/C12H11N5S/c13-11-10(7-2-1-3-8(7)18-11)12-16-15-9-4-5-14-6-17(9)12/h4-6H,1-3,13H2. The zero-order valence-corrected chi connectivity index (χ0v) is 10.4. The van der Waals surface area contributed by atoms with E-state index in [1.54, 1.807) is 23.9 Å². The molecule has 0 saturated heterocycles. The third-order valence-electron chi connectivity index (χ3n) is 3.39. The van der Waals surface area contributed by atoms with Crippen molar-refractivity contribution in [1.29, 1.82) is 0 Å². The number of aryl methyl sites for hydroxylation is 1. The normalized spacial score (nSPS) is 14.2. The minimum atomic E-state index is 0.803. The first kappa shape index (κ1) is 10.0. The Hall–Kier alpha value is -1.95. The van der Waals surface area contributed by atoms with E-state index in [0.717, 1.165) is 34.9 Å². The minimum Gasteiger partial charge on any atom is -0.390 e. The molecule has 3 heterocycles. The van der Waals surface area contributed by atoms with Gasteiger partial charge in [-0.15, -0.1) is 21.5 Å². The van der Waals surface area contributed by atoms with Crippen molar-refractivity contribution in [2.75, 3.05) is 5.73 Å². The van der Waals surface area contributed by atoms with Crippen molar-refractivity contribution in [3.8, 4) is 11.4 Å². The van der Waals surface area contributed by atoms with Crippen molar-refractivity contribution < 1.29 is 0 Å². The Labute approximate surface area is 107 Å². The van der Waals surface area contributed by atoms with Gasteiger partial charge in [0, 0.05) is 17.1 Å². The molecule has 2 N–H and O–H groups in total. The van der Waals surface area contributed by atoms with Crippen LogP contribution in [0.2, 0.25) is 0 Å². The number of fused-ring (bicyclic) bond motifs is 2. The van der Waals surface area contributed by atoms with Gasteiger partial charge in [0.25, 0.3) is 0 Å². The van der Waals surface area contributed by atoms with Crippen LogP contribution in [0.1, 0.15) is 16.9 Å². The van der Waals surface area contributed by atoms with Gasteiger partial charge in [-0.1, -0.05) is 0 Å². The molecule has 0 bridgehead atoms. The fourth-order valence-electron chi connectivity index (χ4n) is 2.59. The van der Waals surface area contributed by atoms with Crippen molar-refractivity contribution >= 4 is 22.0 Å². The maximum absolute atomic E-state index is 6.15. The molecule has 0 aliphatic heterocycles. The van der Waals surface area contributed by atoms with Gasteiger partial charge in [-0.05, 0) is 24.8 Å². The topological polar surface area (TPSA) is 69.1 Å². The molecule has 3 aromatic rings. The third-order valence-corrected chi connectivity index (χ3v) is 4.51. The van der Waals surface area contributed by atoms with Crippen molar-refractivity contribution in [3.05, 3.63) is 29.0 Å². The van der Waals surface area contributed by atoms with Crippen molar-refractivity contribution in [2.45, 2.75) is 19.3 Å². The summed E-state index contributed by atoms with van der Waals surface area (Å²) in [6, 6.07) is 1.85. The number of aromatic nitrogens is 4. The minimum absolute atomic E-state index is 0.803. The summed E-state index contributed by atoms with van der Waals surface area (Å²) in [6.45, 7) is 0. The van der Waals surface area contributed by atoms with Gasteiger partial charge in [-0.2, -0.15) is 0 Å². The molecule has 0 radical (unpaired) electrons. The van der Waals surface area contributed by atoms with Crippen LogP contribution >= 0.6 is 11.3 Å². The first-order valence-electron chi connectivity index (χ1n) is 5.90. The van der Waals surface area contributed by atoms with Gasteiger partial charge in [0.1, 0.15) is 6.33 Å². The first-order valence-corrected chi connectivity index (χ1v) is 6.71. The van der Waals surface area contributed by atoms with Gasteiger partial charge < -0.3 is 5.73 Å². The zero-order chi connectivity index (χ0) is 12.1. The highest BCUT2D eigenvalue weighted by molar-refractivity contribution is 7.16. The molecule has 0 fully saturated rings. The van der Waals surface area contributed by atoms with E-state index in [9.17, 15) is 0 Å². The fraction of sp³-hybridized carbons (Fsp3) is 0.250. The lowest BCUT2D eigenvalue weighted by Crippen LogP contribution is -1.94. The van der Waals surface area contributed by atoms with Crippen LogP contribution in [0.4, 0.5) is 5.00 Å². The van der Waals surface area contributed by atoms with Gasteiger partial charge in [0.2, 0.25) is 0 Å². The van der Waals surface area contributed by atoms with Crippen LogP contribution < -0.4 is 5.73 Å². The van der Waals surface area contributed by atoms with Crippen LogP contribution in [-0.4, -0.2) is 19.6 Å². The van der Waals surface area contributed by atoms with Crippen molar-refractivity contribution in [1.82, 2.24) is 19.6 Å². The number of nitrogens with two attached hydrogens (primary N) is 1. The van der Waals surface area contributed by atoms with Gasteiger partial charge in [-0.3, -0.25) is 4.40 Å². The predicted molar refractivity (Wildman–Crippen MR) is 70.5 cm³/mol. The van der Waals surface area contributed by atoms with Gasteiger partial charge in [-0.25, -0.2) is 4.98 Å². The lowest BCUT2D eigenvalue weighted by molar-refractivity contribution is 0.914. The molecule has 3 aromatic heterocycles. The Morgan fingerprint density at radius 2 is 2.22 bits per heavy atom. The Kier molecular flexibility index (Phi) is 1.96. The lowest BCUT2D eigenvalue weighted by Gasteiger charge is -2.01. The van der Waals surface area contributed by atoms with E-state index in [-0.39, 0.29) is 0 Å². The third kappa shape index (κ3) is 1.23. The molecule has 6 heteroatoms. The highest BCUT2D eigenvalue weighted by Gasteiger charge is 2.24. The summed E-state index contributed by atoms with van der Waals surface area (Å²) in [6.07, 6.45) is 6.90. The van der Waals surface area contributed by atoms with Gasteiger partial charge >= 0.3 is 0 Å². The summed E-state index contributed by atoms with van der Waals surface area (Å²) in [5, 5.41) is 9.28. The summed E-state index contributed by atoms with van der Waals surface area (Å²) in [4.78, 5) is 5.53. The average molecular weight is 257 g/mol. The van der Waals surface area contributed by atoms with Crippen molar-refractivity contribution in [3.63, 3.8) is 0 Å². The van der Waals surface area contributed by atoms with Crippen LogP contribution in [0.25, 0.3) is 17.0 Å². The smallest absolute Gasteiger partial charge is 0.172 e. The number of nitrogen functional groups attached to an aromatic ring is 1. The van der Waals surface area contributed by atoms with Crippen LogP contribution in [0, 0.1) is 0 Å². The molecule has 0 saturated carbocycles. The SMILES string of the molecule is Nc1sc2c(c1-c1nnc3ccncn13)CCC2. The zero-order valence-electron chi connectivity index (χ0n) is 9.63. The molecule has 5 nitrogen and oxygen atoms in total. The molecule has 0 aromatic carbocycles. The second kappa shape index (κ2) is 3.52. The quantitative estimate of drug-likeness (QED) is 0.723. The van der Waals surface area contributed by atoms with Crippen molar-refractivity contribution in [2.24, 2.45) is 0 Å². The van der Waals surface area contributed by atoms with E-state index < -0.39 is 0 Å². The second-order valence-corrected chi connectivity index (χ2v) is 5.57. The lowest BCUT2D eigenvalue weighted by atomic mass is 10.1. The summed E-state index contributed by atoms with van der Waals surface area (Å²) in [7, 11) is 0. The predicted octanol–water partition coefficient (Wildman–Crippen LogP) is 1.92. The summed E-state index contributed by atoms with van der Waals surface area (Å²) in [5.74, 6) is 0.815. The number of rotatable bonds is 1. The highest BCUT2D eigenvalue weighted by atomic mass is 32.1. The molecular formula is C12H11N5S.